The zero-order valence-electron chi connectivity index (χ0n) is 17.7. The van der Waals surface area contributed by atoms with E-state index in [1.807, 2.05) is 17.5 Å². The van der Waals surface area contributed by atoms with Gasteiger partial charge >= 0.3 is 0 Å². The van der Waals surface area contributed by atoms with E-state index in [-0.39, 0.29) is 40.0 Å². The van der Waals surface area contributed by atoms with E-state index in [0.29, 0.717) is 5.56 Å². The molecule has 1 aromatic heterocycles. The highest BCUT2D eigenvalue weighted by Crippen LogP contribution is 2.44. The Morgan fingerprint density at radius 3 is 2.39 bits per heavy atom. The van der Waals surface area contributed by atoms with Gasteiger partial charge in [-0.15, -0.1) is 11.3 Å². The van der Waals surface area contributed by atoms with Crippen LogP contribution in [-0.2, 0) is 16.1 Å². The van der Waals surface area contributed by atoms with Crippen LogP contribution >= 0.6 is 22.9 Å². The maximum Gasteiger partial charge on any atom is 0.295 e. The van der Waals surface area contributed by atoms with Crippen molar-refractivity contribution in [3.8, 4) is 17.2 Å². The molecule has 2 heterocycles. The summed E-state index contributed by atoms with van der Waals surface area (Å²) in [7, 11) is 2.83. The second kappa shape index (κ2) is 9.17. The molecule has 0 radical (unpaired) electrons. The van der Waals surface area contributed by atoms with Crippen molar-refractivity contribution in [2.45, 2.75) is 12.6 Å². The zero-order chi connectivity index (χ0) is 23.7. The highest BCUT2D eigenvalue weighted by molar-refractivity contribution is 7.09. The molecular weight excluding hydrogens is 466 g/mol. The van der Waals surface area contributed by atoms with Crippen molar-refractivity contribution in [2.24, 2.45) is 0 Å². The smallest absolute Gasteiger partial charge is 0.295 e. The topological polar surface area (TPSA) is 96.3 Å². The van der Waals surface area contributed by atoms with E-state index in [9.17, 15) is 19.8 Å². The van der Waals surface area contributed by atoms with Crippen LogP contribution in [0.15, 0.2) is 59.5 Å². The van der Waals surface area contributed by atoms with Gasteiger partial charge in [-0.2, -0.15) is 0 Å². The number of aliphatic hydroxyl groups excluding tert-OH is 1. The average molecular weight is 486 g/mol. The number of ether oxygens (including phenoxy) is 2. The Morgan fingerprint density at radius 2 is 1.79 bits per heavy atom. The van der Waals surface area contributed by atoms with Gasteiger partial charge in [-0.25, -0.2) is 0 Å². The van der Waals surface area contributed by atoms with E-state index in [1.165, 1.54) is 54.7 Å². The molecule has 1 unspecified atom stereocenters. The molecule has 0 bridgehead atoms. The Morgan fingerprint density at radius 1 is 1.09 bits per heavy atom. The van der Waals surface area contributed by atoms with Gasteiger partial charge < -0.3 is 24.6 Å². The van der Waals surface area contributed by atoms with E-state index < -0.39 is 23.5 Å². The number of thiophene rings is 1. The molecule has 0 saturated carbocycles. The monoisotopic (exact) mass is 485 g/mol. The number of phenols is 1. The van der Waals surface area contributed by atoms with Crippen LogP contribution in [0.2, 0.25) is 5.02 Å². The second-order valence-electron chi connectivity index (χ2n) is 7.28. The molecule has 3 aromatic rings. The summed E-state index contributed by atoms with van der Waals surface area (Å²) in [6.45, 7) is 0.186. The van der Waals surface area contributed by atoms with E-state index in [0.717, 1.165) is 4.88 Å². The summed E-state index contributed by atoms with van der Waals surface area (Å²) >= 11 is 7.64. The molecule has 1 saturated heterocycles. The summed E-state index contributed by atoms with van der Waals surface area (Å²) < 4.78 is 10.6. The molecule has 1 fully saturated rings. The van der Waals surface area contributed by atoms with Gasteiger partial charge in [0.15, 0.2) is 0 Å². The lowest BCUT2D eigenvalue weighted by molar-refractivity contribution is -0.140. The summed E-state index contributed by atoms with van der Waals surface area (Å²) in [6.07, 6.45) is 0. The number of benzene rings is 2. The fraction of sp³-hybridized carbons (Fsp3) is 0.167. The predicted molar refractivity (Wildman–Crippen MR) is 125 cm³/mol. The Hall–Kier alpha value is -3.49. The molecule has 1 atom stereocenters. The summed E-state index contributed by atoms with van der Waals surface area (Å²) in [5.41, 5.74) is 0.631. The van der Waals surface area contributed by atoms with Gasteiger partial charge in [0.2, 0.25) is 0 Å². The van der Waals surface area contributed by atoms with Crippen molar-refractivity contribution in [3.05, 3.63) is 80.5 Å². The van der Waals surface area contributed by atoms with Gasteiger partial charge in [0.25, 0.3) is 11.7 Å². The van der Waals surface area contributed by atoms with Crippen LogP contribution in [0.25, 0.3) is 5.76 Å². The standard InChI is InChI=1S/C24H20ClNO6S/c1-31-18-11-17(25)19(32-2)10-16(18)22(28)20-21(13-5-7-14(27)8-6-13)26(24(30)23(20)29)12-15-4-3-9-33-15/h3-11,21,27-28H,12H2,1-2H3/b22-20+. The molecule has 0 aliphatic carbocycles. The van der Waals surface area contributed by atoms with Gasteiger partial charge in [-0.1, -0.05) is 29.8 Å². The minimum atomic E-state index is -0.876. The third-order valence-corrected chi connectivity index (χ3v) is 6.54. The number of amides is 1. The number of phenolic OH excluding ortho intramolecular Hbond substituents is 1. The second-order valence-corrected chi connectivity index (χ2v) is 8.72. The number of aromatic hydroxyl groups is 1. The number of ketones is 1. The Bertz CT molecular complexity index is 1240. The lowest BCUT2D eigenvalue weighted by Crippen LogP contribution is -2.28. The Balaban J connectivity index is 1.92. The number of likely N-dealkylation sites (tertiary alicyclic amines) is 1. The number of aliphatic hydroxyl groups is 1. The van der Waals surface area contributed by atoms with Gasteiger partial charge in [0.05, 0.1) is 43.0 Å². The zero-order valence-corrected chi connectivity index (χ0v) is 19.3. The lowest BCUT2D eigenvalue weighted by atomic mass is 9.94. The molecule has 2 N–H and O–H groups in total. The normalized spacial score (nSPS) is 17.4. The molecule has 1 amide bonds. The van der Waals surface area contributed by atoms with Crippen LogP contribution in [0.1, 0.15) is 22.0 Å². The molecule has 7 nitrogen and oxygen atoms in total. The number of Topliss-reactive ketones (excluding diaryl/α,β-unsaturated/α-hetero) is 1. The number of carbonyl (C=O) groups excluding carboxylic acids is 2. The number of hydrogen-bond acceptors (Lipinski definition) is 7. The summed E-state index contributed by atoms with van der Waals surface area (Å²) in [5.74, 6) is -1.44. The first-order chi connectivity index (χ1) is 15.8. The molecule has 2 aromatic carbocycles. The quantitative estimate of drug-likeness (QED) is 0.297. The minimum Gasteiger partial charge on any atom is -0.508 e. The van der Waals surface area contributed by atoms with Crippen LogP contribution in [-0.4, -0.2) is 41.0 Å². The largest absolute Gasteiger partial charge is 0.508 e. The Kier molecular flexibility index (Phi) is 6.31. The van der Waals surface area contributed by atoms with Crippen molar-refractivity contribution in [1.29, 1.82) is 0 Å². The first-order valence-corrected chi connectivity index (χ1v) is 11.1. The van der Waals surface area contributed by atoms with Crippen molar-refractivity contribution in [3.63, 3.8) is 0 Å². The predicted octanol–water partition coefficient (Wildman–Crippen LogP) is 4.75. The Labute approximate surface area is 199 Å². The van der Waals surface area contributed by atoms with E-state index in [2.05, 4.69) is 0 Å². The fourth-order valence-electron chi connectivity index (χ4n) is 3.81. The van der Waals surface area contributed by atoms with Gasteiger partial charge in [-0.3, -0.25) is 9.59 Å². The van der Waals surface area contributed by atoms with Crippen LogP contribution in [0, 0.1) is 0 Å². The third-order valence-electron chi connectivity index (χ3n) is 5.38. The van der Waals surface area contributed by atoms with Crippen molar-refractivity contribution < 1.29 is 29.3 Å². The highest BCUT2D eigenvalue weighted by atomic mass is 35.5. The molecule has 1 aliphatic heterocycles. The van der Waals surface area contributed by atoms with Crippen LogP contribution in [0.4, 0.5) is 0 Å². The molecule has 170 valence electrons. The molecule has 9 heteroatoms. The maximum atomic E-state index is 13.2. The average Bonchev–Trinajstić information content (AvgIpc) is 3.41. The van der Waals surface area contributed by atoms with Gasteiger partial charge in [-0.05, 0) is 35.2 Å². The number of hydrogen-bond donors (Lipinski definition) is 2. The van der Waals surface area contributed by atoms with E-state index in [1.54, 1.807) is 12.1 Å². The SMILES string of the molecule is COc1cc(/C(O)=C2\C(=O)C(=O)N(Cc3cccs3)C2c2ccc(O)cc2)c(OC)cc1Cl. The molecule has 1 aliphatic rings. The van der Waals surface area contributed by atoms with E-state index >= 15 is 0 Å². The van der Waals surface area contributed by atoms with Crippen LogP contribution in [0.3, 0.4) is 0 Å². The number of halogens is 1. The van der Waals surface area contributed by atoms with E-state index in [4.69, 9.17) is 21.1 Å². The number of carbonyl (C=O) groups is 2. The first-order valence-electron chi connectivity index (χ1n) is 9.87. The number of methoxy groups -OCH3 is 2. The highest BCUT2D eigenvalue weighted by Gasteiger charge is 2.46. The third kappa shape index (κ3) is 4.15. The molecule has 4 rings (SSSR count). The van der Waals surface area contributed by atoms with Crippen LogP contribution in [0.5, 0.6) is 17.2 Å². The van der Waals surface area contributed by atoms with Crippen molar-refractivity contribution >= 4 is 40.4 Å². The van der Waals surface area contributed by atoms with Gasteiger partial charge in [0, 0.05) is 10.9 Å². The molecular formula is C24H20ClNO6S. The van der Waals surface area contributed by atoms with Crippen LogP contribution < -0.4 is 9.47 Å². The summed E-state index contributed by atoms with van der Waals surface area (Å²) in [6, 6.07) is 11.9. The van der Waals surface area contributed by atoms with Crippen molar-refractivity contribution in [2.75, 3.05) is 14.2 Å². The maximum absolute atomic E-state index is 13.2. The summed E-state index contributed by atoms with van der Waals surface area (Å²) in [5, 5.41) is 23.2. The first kappa shape index (κ1) is 22.7. The molecule has 0 spiro atoms. The summed E-state index contributed by atoms with van der Waals surface area (Å²) in [4.78, 5) is 28.5. The number of nitrogens with zero attached hydrogens (tertiary/aromatic N) is 1. The fourth-order valence-corrected chi connectivity index (χ4v) is 4.74. The van der Waals surface area contributed by atoms with Crippen molar-refractivity contribution in [1.82, 2.24) is 4.90 Å². The molecule has 33 heavy (non-hydrogen) atoms. The minimum absolute atomic E-state index is 0.0399. The lowest BCUT2D eigenvalue weighted by Gasteiger charge is -2.25. The number of rotatable bonds is 6. The van der Waals surface area contributed by atoms with Gasteiger partial charge in [0.1, 0.15) is 23.0 Å².